The predicted octanol–water partition coefficient (Wildman–Crippen LogP) is -2.97. The van der Waals surface area contributed by atoms with Crippen molar-refractivity contribution < 1.29 is 38.4 Å². The Kier molecular flexibility index (Phi) is 15.3. The molecule has 8 N–H and O–H groups in total. The lowest BCUT2D eigenvalue weighted by molar-refractivity contribution is -0.135. The Morgan fingerprint density at radius 1 is 0.364 bits per heavy atom. The molecule has 8 amide bonds. The van der Waals surface area contributed by atoms with Crippen LogP contribution in [0.4, 0.5) is 0 Å². The Labute approximate surface area is 257 Å². The lowest BCUT2D eigenvalue weighted by Gasteiger charge is -2.27. The third kappa shape index (κ3) is 12.6. The molecule has 248 valence electrons. The van der Waals surface area contributed by atoms with Crippen molar-refractivity contribution in [2.75, 3.05) is 26.2 Å². The summed E-state index contributed by atoms with van der Waals surface area (Å²) in [6.07, 6.45) is 0. The lowest BCUT2D eigenvalue weighted by Crippen LogP contribution is -2.59. The van der Waals surface area contributed by atoms with Crippen LogP contribution in [-0.2, 0) is 38.4 Å². The molecule has 44 heavy (non-hydrogen) atoms. The van der Waals surface area contributed by atoms with Gasteiger partial charge in [-0.05, 0) is 23.7 Å². The van der Waals surface area contributed by atoms with Gasteiger partial charge in [-0.1, -0.05) is 55.4 Å². The number of nitrogens with one attached hydrogen (secondary N) is 8. The monoisotopic (exact) mass is 624 g/mol. The molecule has 1 aliphatic heterocycles. The SMILES string of the molecule is CC(C)[C@@H]1NC(=O)CNC(=O)CNC(=O)[C@H](C(C)C)NC(=O)[C@H](C(C)C)NC(=O)CNC(=O)CNC(=O)[C@H](C(C)C)NC1=O. The van der Waals surface area contributed by atoms with Crippen LogP contribution >= 0.6 is 0 Å². The first-order chi connectivity index (χ1) is 20.4. The number of amides is 8. The third-order valence-corrected chi connectivity index (χ3v) is 6.76. The molecule has 0 aromatic heterocycles. The summed E-state index contributed by atoms with van der Waals surface area (Å²) in [7, 11) is 0. The van der Waals surface area contributed by atoms with E-state index in [0.29, 0.717) is 0 Å². The summed E-state index contributed by atoms with van der Waals surface area (Å²) >= 11 is 0. The van der Waals surface area contributed by atoms with Crippen LogP contribution in [0.1, 0.15) is 55.4 Å². The first kappa shape index (κ1) is 37.8. The molecule has 4 atom stereocenters. The second-order valence-corrected chi connectivity index (χ2v) is 12.0. The van der Waals surface area contributed by atoms with Crippen molar-refractivity contribution in [3.63, 3.8) is 0 Å². The molecule has 0 unspecified atom stereocenters. The first-order valence-corrected chi connectivity index (χ1v) is 14.7. The topological polar surface area (TPSA) is 233 Å². The fourth-order valence-corrected chi connectivity index (χ4v) is 4.11. The summed E-state index contributed by atoms with van der Waals surface area (Å²) in [6.45, 7) is 11.5. The van der Waals surface area contributed by atoms with Gasteiger partial charge in [-0.2, -0.15) is 0 Å². The Morgan fingerprint density at radius 2 is 0.614 bits per heavy atom. The van der Waals surface area contributed by atoms with E-state index < -0.39 is 121 Å². The maximum Gasteiger partial charge on any atom is 0.243 e. The van der Waals surface area contributed by atoms with Gasteiger partial charge in [0.15, 0.2) is 0 Å². The summed E-state index contributed by atoms with van der Waals surface area (Å²) < 4.78 is 0. The van der Waals surface area contributed by atoms with Crippen LogP contribution in [0, 0.1) is 23.7 Å². The molecule has 0 spiro atoms. The molecule has 16 heteroatoms. The van der Waals surface area contributed by atoms with Crippen molar-refractivity contribution in [2.24, 2.45) is 23.7 Å². The standard InChI is InChI=1S/C28H48N8O8/c1-13(2)21-25(41)31-9-17(37)29-12-20(40)34-24(16(7)8)28(44)36-22(14(3)4)26(42)32-10-18(38)30-11-19(39)33-23(15(5)6)27(43)35-21/h13-16,21-24H,9-12H2,1-8H3,(H,29,37)(H,30,38)(H,31,41)(H,32,42)(H,33,39)(H,34,40)(H,35,43)(H,36,44)/t21-,22-,23-,24-/m0/s1. The van der Waals surface area contributed by atoms with E-state index in [-0.39, 0.29) is 0 Å². The highest BCUT2D eigenvalue weighted by Crippen LogP contribution is 2.08. The molecule has 0 aliphatic carbocycles. The quantitative estimate of drug-likeness (QED) is 0.160. The highest BCUT2D eigenvalue weighted by molar-refractivity contribution is 5.96. The first-order valence-electron chi connectivity index (χ1n) is 14.7. The van der Waals surface area contributed by atoms with E-state index in [9.17, 15) is 38.4 Å². The number of carbonyl (C=O) groups excluding carboxylic acids is 8. The van der Waals surface area contributed by atoms with Crippen LogP contribution in [0.5, 0.6) is 0 Å². The van der Waals surface area contributed by atoms with E-state index in [1.165, 1.54) is 0 Å². The zero-order valence-corrected chi connectivity index (χ0v) is 26.7. The molecule has 1 rings (SSSR count). The summed E-state index contributed by atoms with van der Waals surface area (Å²) in [5.74, 6) is -6.87. The van der Waals surface area contributed by atoms with Crippen LogP contribution in [-0.4, -0.2) is 97.6 Å². The van der Waals surface area contributed by atoms with Crippen LogP contribution in [0.15, 0.2) is 0 Å². The Balaban J connectivity index is 3.22. The maximum atomic E-state index is 13.1. The van der Waals surface area contributed by atoms with Gasteiger partial charge in [0.2, 0.25) is 47.3 Å². The molecule has 0 radical (unpaired) electrons. The van der Waals surface area contributed by atoms with Crippen molar-refractivity contribution in [2.45, 2.75) is 79.6 Å². The summed E-state index contributed by atoms with van der Waals surface area (Å²) in [5.41, 5.74) is 0. The van der Waals surface area contributed by atoms with Gasteiger partial charge < -0.3 is 42.5 Å². The van der Waals surface area contributed by atoms with Crippen LogP contribution in [0.3, 0.4) is 0 Å². The molecule has 1 aliphatic rings. The molecule has 1 fully saturated rings. The molecule has 16 nitrogen and oxygen atoms in total. The van der Waals surface area contributed by atoms with E-state index in [2.05, 4.69) is 42.5 Å². The van der Waals surface area contributed by atoms with Gasteiger partial charge in [0.25, 0.3) is 0 Å². The third-order valence-electron chi connectivity index (χ3n) is 6.76. The second kappa shape index (κ2) is 17.8. The lowest BCUT2D eigenvalue weighted by atomic mass is 9.99. The predicted molar refractivity (Wildman–Crippen MR) is 159 cm³/mol. The average Bonchev–Trinajstić information content (AvgIpc) is 2.93. The van der Waals surface area contributed by atoms with E-state index >= 15 is 0 Å². The molecule has 0 aromatic rings. The highest BCUT2D eigenvalue weighted by Gasteiger charge is 2.32. The van der Waals surface area contributed by atoms with Gasteiger partial charge in [-0.25, -0.2) is 0 Å². The van der Waals surface area contributed by atoms with Crippen molar-refractivity contribution in [3.8, 4) is 0 Å². The van der Waals surface area contributed by atoms with Gasteiger partial charge >= 0.3 is 0 Å². The highest BCUT2D eigenvalue weighted by atomic mass is 16.2. The maximum absolute atomic E-state index is 13.1. The van der Waals surface area contributed by atoms with Gasteiger partial charge in [0, 0.05) is 0 Å². The minimum atomic E-state index is -1.05. The van der Waals surface area contributed by atoms with Gasteiger partial charge in [0.1, 0.15) is 24.2 Å². The molecular weight excluding hydrogens is 576 g/mol. The van der Waals surface area contributed by atoms with E-state index in [4.69, 9.17) is 0 Å². The van der Waals surface area contributed by atoms with Gasteiger partial charge in [-0.15, -0.1) is 0 Å². The summed E-state index contributed by atoms with van der Waals surface area (Å²) in [5, 5.41) is 19.9. The Hall–Kier alpha value is -4.24. The smallest absolute Gasteiger partial charge is 0.243 e. The zero-order chi connectivity index (χ0) is 33.7. The molecule has 1 heterocycles. The van der Waals surface area contributed by atoms with Crippen molar-refractivity contribution in [1.82, 2.24) is 42.5 Å². The van der Waals surface area contributed by atoms with E-state index in [1.807, 2.05) is 0 Å². The van der Waals surface area contributed by atoms with Crippen LogP contribution < -0.4 is 42.5 Å². The van der Waals surface area contributed by atoms with Crippen LogP contribution in [0.25, 0.3) is 0 Å². The number of hydrogen-bond donors (Lipinski definition) is 8. The molecular formula is C28H48N8O8. The number of rotatable bonds is 4. The van der Waals surface area contributed by atoms with Gasteiger partial charge in [0.05, 0.1) is 26.2 Å². The summed E-state index contributed by atoms with van der Waals surface area (Å²) in [4.78, 5) is 102. The second-order valence-electron chi connectivity index (χ2n) is 12.0. The van der Waals surface area contributed by atoms with Crippen molar-refractivity contribution in [3.05, 3.63) is 0 Å². The van der Waals surface area contributed by atoms with E-state index in [0.717, 1.165) is 0 Å². The van der Waals surface area contributed by atoms with Crippen molar-refractivity contribution >= 4 is 47.3 Å². The van der Waals surface area contributed by atoms with E-state index in [1.54, 1.807) is 55.4 Å². The van der Waals surface area contributed by atoms with Crippen LogP contribution in [0.2, 0.25) is 0 Å². The Bertz CT molecular complexity index is 996. The molecule has 0 aromatic carbocycles. The fourth-order valence-electron chi connectivity index (χ4n) is 4.11. The minimum Gasteiger partial charge on any atom is -0.346 e. The normalized spacial score (nSPS) is 24.8. The number of carbonyl (C=O) groups is 8. The average molecular weight is 625 g/mol. The largest absolute Gasteiger partial charge is 0.346 e. The fraction of sp³-hybridized carbons (Fsp3) is 0.714. The number of hydrogen-bond acceptors (Lipinski definition) is 8. The molecule has 0 bridgehead atoms. The van der Waals surface area contributed by atoms with Crippen molar-refractivity contribution in [1.29, 1.82) is 0 Å². The van der Waals surface area contributed by atoms with Gasteiger partial charge in [-0.3, -0.25) is 38.4 Å². The molecule has 1 saturated heterocycles. The summed E-state index contributed by atoms with van der Waals surface area (Å²) in [6, 6.07) is -4.20. The molecule has 0 saturated carbocycles. The zero-order valence-electron chi connectivity index (χ0n) is 26.7. The minimum absolute atomic E-state index is 0.390. The Morgan fingerprint density at radius 3 is 0.886 bits per heavy atom.